The van der Waals surface area contributed by atoms with Gasteiger partial charge in [0, 0.05) is 29.6 Å². The molecule has 1 amide bonds. The number of carbonyl (C=O) groups is 1. The minimum atomic E-state index is -0.306. The maximum Gasteiger partial charge on any atom is 0.287 e. The van der Waals surface area contributed by atoms with Gasteiger partial charge in [-0.05, 0) is 0 Å². The smallest absolute Gasteiger partial charge is 0.287 e. The predicted octanol–water partition coefficient (Wildman–Crippen LogP) is 0.143. The van der Waals surface area contributed by atoms with Crippen LogP contribution in [0, 0.1) is 3.90 Å². The maximum atomic E-state index is 11.0. The third-order valence-corrected chi connectivity index (χ3v) is 1.44. The second kappa shape index (κ2) is 3.67. The van der Waals surface area contributed by atoms with Crippen molar-refractivity contribution in [1.29, 1.82) is 0 Å². The summed E-state index contributed by atoms with van der Waals surface area (Å²) in [6.45, 7) is 0. The number of hydrogen-bond donors (Lipinski definition) is 2. The Labute approximate surface area is 76.7 Å². The SMILES string of the molecule is CNNC(=O)c1coc(I)n1. The molecule has 0 aliphatic heterocycles. The third-order valence-electron chi connectivity index (χ3n) is 0.947. The van der Waals surface area contributed by atoms with E-state index in [-0.39, 0.29) is 11.6 Å². The van der Waals surface area contributed by atoms with Gasteiger partial charge in [-0.1, -0.05) is 0 Å². The lowest BCUT2D eigenvalue weighted by atomic mass is 10.5. The lowest BCUT2D eigenvalue weighted by molar-refractivity contribution is 0.0933. The lowest BCUT2D eigenvalue weighted by Gasteiger charge is -1.96. The average Bonchev–Trinajstić information content (AvgIpc) is 2.36. The molecule has 0 aromatic carbocycles. The molecule has 5 nitrogen and oxygen atoms in total. The van der Waals surface area contributed by atoms with Crippen LogP contribution in [0.3, 0.4) is 0 Å². The number of hydrazine groups is 1. The Bertz CT molecular complexity index is 260. The van der Waals surface area contributed by atoms with Crippen LogP contribution in [0.5, 0.6) is 0 Å². The van der Waals surface area contributed by atoms with Gasteiger partial charge in [-0.3, -0.25) is 10.2 Å². The predicted molar refractivity (Wildman–Crippen MR) is 45.7 cm³/mol. The van der Waals surface area contributed by atoms with Crippen LogP contribution in [0.25, 0.3) is 0 Å². The van der Waals surface area contributed by atoms with Gasteiger partial charge in [-0.25, -0.2) is 5.43 Å². The van der Waals surface area contributed by atoms with Crippen molar-refractivity contribution in [2.75, 3.05) is 7.05 Å². The molecule has 0 spiro atoms. The number of amides is 1. The normalized spacial score (nSPS) is 9.64. The number of nitrogens with one attached hydrogen (secondary N) is 2. The van der Waals surface area contributed by atoms with Crippen molar-refractivity contribution in [3.63, 3.8) is 0 Å². The van der Waals surface area contributed by atoms with Gasteiger partial charge in [-0.2, -0.15) is 4.98 Å². The van der Waals surface area contributed by atoms with Gasteiger partial charge in [-0.15, -0.1) is 0 Å². The van der Waals surface area contributed by atoms with E-state index in [1.165, 1.54) is 6.26 Å². The minimum Gasteiger partial charge on any atom is -0.440 e. The van der Waals surface area contributed by atoms with E-state index in [4.69, 9.17) is 4.42 Å². The van der Waals surface area contributed by atoms with E-state index in [9.17, 15) is 4.79 Å². The quantitative estimate of drug-likeness (QED) is 0.591. The Morgan fingerprint density at radius 2 is 2.55 bits per heavy atom. The molecular weight excluding hydrogens is 261 g/mol. The highest BCUT2D eigenvalue weighted by Crippen LogP contribution is 2.03. The van der Waals surface area contributed by atoms with Crippen LogP contribution in [0.2, 0.25) is 0 Å². The summed E-state index contributed by atoms with van der Waals surface area (Å²) in [4.78, 5) is 14.8. The molecule has 0 atom stereocenters. The Morgan fingerprint density at radius 3 is 3.00 bits per heavy atom. The first-order valence-corrected chi connectivity index (χ1v) is 3.90. The zero-order valence-corrected chi connectivity index (χ0v) is 7.88. The summed E-state index contributed by atoms with van der Waals surface area (Å²) in [5.74, 6) is -0.306. The highest BCUT2D eigenvalue weighted by atomic mass is 127. The standard InChI is InChI=1S/C5H6IN3O2/c1-7-9-4(10)3-2-11-5(6)8-3/h2,7H,1H3,(H,9,10). The second-order valence-corrected chi connectivity index (χ2v) is 2.61. The highest BCUT2D eigenvalue weighted by molar-refractivity contribution is 14.1. The van der Waals surface area contributed by atoms with Gasteiger partial charge in [0.25, 0.3) is 9.80 Å². The first-order chi connectivity index (χ1) is 5.24. The zero-order chi connectivity index (χ0) is 8.27. The van der Waals surface area contributed by atoms with Crippen LogP contribution < -0.4 is 10.9 Å². The average molecular weight is 267 g/mol. The van der Waals surface area contributed by atoms with Gasteiger partial charge in [0.2, 0.25) is 0 Å². The molecule has 0 aliphatic carbocycles. The van der Waals surface area contributed by atoms with Crippen LogP contribution >= 0.6 is 22.6 Å². The Hall–Kier alpha value is -0.630. The molecule has 1 heterocycles. The minimum absolute atomic E-state index is 0.267. The zero-order valence-electron chi connectivity index (χ0n) is 5.72. The molecule has 11 heavy (non-hydrogen) atoms. The van der Waals surface area contributed by atoms with Gasteiger partial charge in [0.15, 0.2) is 5.69 Å². The topological polar surface area (TPSA) is 67.2 Å². The summed E-state index contributed by atoms with van der Waals surface area (Å²) in [5.41, 5.74) is 5.12. The molecular formula is C5H6IN3O2. The molecule has 1 rings (SSSR count). The van der Waals surface area contributed by atoms with E-state index in [1.54, 1.807) is 7.05 Å². The fourth-order valence-electron chi connectivity index (χ4n) is 0.534. The molecule has 0 aliphatic rings. The highest BCUT2D eigenvalue weighted by Gasteiger charge is 2.08. The van der Waals surface area contributed by atoms with Gasteiger partial charge < -0.3 is 4.42 Å². The summed E-state index contributed by atoms with van der Waals surface area (Å²) in [6, 6.07) is 0. The number of oxazole rings is 1. The van der Waals surface area contributed by atoms with Crippen molar-refractivity contribution in [3.05, 3.63) is 15.9 Å². The summed E-state index contributed by atoms with van der Waals surface area (Å²) in [5, 5.41) is 0. The molecule has 0 bridgehead atoms. The van der Waals surface area contributed by atoms with E-state index in [0.29, 0.717) is 3.90 Å². The van der Waals surface area contributed by atoms with Crippen molar-refractivity contribution in [1.82, 2.24) is 15.8 Å². The molecule has 1 aromatic heterocycles. The molecule has 60 valence electrons. The van der Waals surface area contributed by atoms with Crippen LogP contribution in [-0.4, -0.2) is 17.9 Å². The van der Waals surface area contributed by atoms with Crippen molar-refractivity contribution < 1.29 is 9.21 Å². The van der Waals surface area contributed by atoms with E-state index in [1.807, 2.05) is 22.6 Å². The molecule has 2 N–H and O–H groups in total. The van der Waals surface area contributed by atoms with E-state index < -0.39 is 0 Å². The van der Waals surface area contributed by atoms with Crippen molar-refractivity contribution in [2.24, 2.45) is 0 Å². The van der Waals surface area contributed by atoms with Crippen molar-refractivity contribution >= 4 is 28.5 Å². The van der Waals surface area contributed by atoms with Gasteiger partial charge in [0.05, 0.1) is 0 Å². The molecule has 0 radical (unpaired) electrons. The Morgan fingerprint density at radius 1 is 1.82 bits per heavy atom. The fraction of sp³-hybridized carbons (Fsp3) is 0.200. The molecule has 0 saturated heterocycles. The maximum absolute atomic E-state index is 11.0. The summed E-state index contributed by atoms with van der Waals surface area (Å²) in [6.07, 6.45) is 1.30. The first-order valence-electron chi connectivity index (χ1n) is 2.82. The van der Waals surface area contributed by atoms with E-state index in [2.05, 4.69) is 15.8 Å². The molecule has 6 heteroatoms. The number of rotatable bonds is 2. The van der Waals surface area contributed by atoms with Crippen LogP contribution in [0.15, 0.2) is 10.7 Å². The molecule has 1 aromatic rings. The van der Waals surface area contributed by atoms with Gasteiger partial charge in [0.1, 0.15) is 6.26 Å². The Balaban J connectivity index is 2.69. The second-order valence-electron chi connectivity index (χ2n) is 1.69. The molecule has 0 fully saturated rings. The Kier molecular flexibility index (Phi) is 2.83. The van der Waals surface area contributed by atoms with Crippen LogP contribution in [0.4, 0.5) is 0 Å². The number of hydrogen-bond acceptors (Lipinski definition) is 4. The third kappa shape index (κ3) is 2.15. The van der Waals surface area contributed by atoms with Crippen molar-refractivity contribution in [3.8, 4) is 0 Å². The summed E-state index contributed by atoms with van der Waals surface area (Å²) < 4.78 is 5.27. The van der Waals surface area contributed by atoms with E-state index in [0.717, 1.165) is 0 Å². The number of aromatic nitrogens is 1. The van der Waals surface area contributed by atoms with E-state index >= 15 is 0 Å². The molecule has 0 unspecified atom stereocenters. The van der Waals surface area contributed by atoms with Gasteiger partial charge >= 0.3 is 0 Å². The summed E-state index contributed by atoms with van der Waals surface area (Å²) >= 11 is 1.88. The number of halogens is 1. The van der Waals surface area contributed by atoms with Crippen LogP contribution in [-0.2, 0) is 0 Å². The van der Waals surface area contributed by atoms with Crippen molar-refractivity contribution in [2.45, 2.75) is 0 Å². The number of nitrogens with zero attached hydrogens (tertiary/aromatic N) is 1. The lowest BCUT2D eigenvalue weighted by Crippen LogP contribution is -2.34. The summed E-state index contributed by atoms with van der Waals surface area (Å²) in [7, 11) is 1.60. The monoisotopic (exact) mass is 267 g/mol. The molecule has 0 saturated carbocycles. The first kappa shape index (κ1) is 8.47. The van der Waals surface area contributed by atoms with Crippen LogP contribution in [0.1, 0.15) is 10.5 Å². The largest absolute Gasteiger partial charge is 0.440 e. The fourth-order valence-corrected chi connectivity index (χ4v) is 0.921. The number of carbonyl (C=O) groups excluding carboxylic acids is 1.